The van der Waals surface area contributed by atoms with Crippen LogP contribution in [0.25, 0.3) is 6.08 Å². The fraction of sp³-hybridized carbons (Fsp3) is 0. The third kappa shape index (κ3) is 3.31. The number of allylic oxidation sites excluding steroid dienone is 1. The van der Waals surface area contributed by atoms with Crippen LogP contribution >= 0.6 is 11.6 Å². The smallest absolute Gasteiger partial charge is 0.345 e. The van der Waals surface area contributed by atoms with Crippen LogP contribution in [-0.4, -0.2) is 16.9 Å². The molecule has 2 N–H and O–H groups in total. The SMILES string of the molecule is O=C(O)C1=C(Nc2ccccc2)O/C(=C\c2ccc(Cl)cc2)C1=O. The Morgan fingerprint density at radius 2 is 1.75 bits per heavy atom. The predicted molar refractivity (Wildman–Crippen MR) is 90.2 cm³/mol. The number of carbonyl (C=O) groups excluding carboxylic acids is 1. The predicted octanol–water partition coefficient (Wildman–Crippen LogP) is 3.69. The highest BCUT2D eigenvalue weighted by molar-refractivity contribution is 6.30. The van der Waals surface area contributed by atoms with E-state index in [1.807, 2.05) is 6.07 Å². The van der Waals surface area contributed by atoms with E-state index in [1.54, 1.807) is 48.5 Å². The number of carbonyl (C=O) groups is 2. The Morgan fingerprint density at radius 1 is 1.08 bits per heavy atom. The summed E-state index contributed by atoms with van der Waals surface area (Å²) in [5, 5.41) is 12.7. The molecule has 24 heavy (non-hydrogen) atoms. The molecule has 0 aliphatic carbocycles. The number of hydrogen-bond donors (Lipinski definition) is 2. The second-order valence-electron chi connectivity index (χ2n) is 4.99. The van der Waals surface area contributed by atoms with Crippen molar-refractivity contribution < 1.29 is 19.4 Å². The van der Waals surface area contributed by atoms with Crippen LogP contribution in [0.15, 0.2) is 71.8 Å². The van der Waals surface area contributed by atoms with Gasteiger partial charge in [0.2, 0.25) is 11.7 Å². The molecule has 0 fully saturated rings. The number of anilines is 1. The largest absolute Gasteiger partial charge is 0.477 e. The normalized spacial score (nSPS) is 15.5. The minimum atomic E-state index is -1.35. The van der Waals surface area contributed by atoms with Crippen LogP contribution in [0.5, 0.6) is 0 Å². The monoisotopic (exact) mass is 341 g/mol. The Kier molecular flexibility index (Phi) is 4.35. The quantitative estimate of drug-likeness (QED) is 0.655. The molecule has 0 unspecified atom stereocenters. The molecule has 1 aliphatic heterocycles. The molecule has 5 nitrogen and oxygen atoms in total. The minimum absolute atomic E-state index is 0.0619. The van der Waals surface area contributed by atoms with Crippen LogP contribution in [0.4, 0.5) is 5.69 Å². The van der Waals surface area contributed by atoms with Crippen LogP contribution in [0.1, 0.15) is 5.56 Å². The van der Waals surface area contributed by atoms with Crippen LogP contribution in [0.3, 0.4) is 0 Å². The van der Waals surface area contributed by atoms with E-state index in [-0.39, 0.29) is 11.6 Å². The fourth-order valence-corrected chi connectivity index (χ4v) is 2.30. The minimum Gasteiger partial charge on any atom is -0.477 e. The van der Waals surface area contributed by atoms with Crippen LogP contribution in [0.2, 0.25) is 5.02 Å². The number of aliphatic carboxylic acids is 1. The van der Waals surface area contributed by atoms with Crippen LogP contribution in [-0.2, 0) is 14.3 Å². The zero-order valence-corrected chi connectivity index (χ0v) is 13.1. The van der Waals surface area contributed by atoms with Gasteiger partial charge in [-0.15, -0.1) is 0 Å². The van der Waals surface area contributed by atoms with E-state index in [0.717, 1.165) is 0 Å². The summed E-state index contributed by atoms with van der Waals surface area (Å²) in [4.78, 5) is 23.7. The van der Waals surface area contributed by atoms with Gasteiger partial charge in [-0.25, -0.2) is 4.79 Å². The molecule has 0 bridgehead atoms. The van der Waals surface area contributed by atoms with Crippen molar-refractivity contribution in [1.29, 1.82) is 0 Å². The van der Waals surface area contributed by atoms with Crippen molar-refractivity contribution in [2.24, 2.45) is 0 Å². The lowest BCUT2D eigenvalue weighted by Crippen LogP contribution is -2.12. The van der Waals surface area contributed by atoms with Crippen molar-refractivity contribution in [1.82, 2.24) is 0 Å². The maximum absolute atomic E-state index is 12.3. The van der Waals surface area contributed by atoms with Gasteiger partial charge in [0.25, 0.3) is 0 Å². The van der Waals surface area contributed by atoms with Crippen LogP contribution in [0, 0.1) is 0 Å². The summed E-state index contributed by atoms with van der Waals surface area (Å²) in [5.74, 6) is -2.19. The second-order valence-corrected chi connectivity index (χ2v) is 5.43. The van der Waals surface area contributed by atoms with Gasteiger partial charge < -0.3 is 15.2 Å². The first-order valence-corrected chi connectivity index (χ1v) is 7.42. The molecular formula is C18H12ClNO4. The van der Waals surface area contributed by atoms with E-state index in [0.29, 0.717) is 16.3 Å². The highest BCUT2D eigenvalue weighted by Crippen LogP contribution is 2.28. The van der Waals surface area contributed by atoms with Crippen molar-refractivity contribution in [2.45, 2.75) is 0 Å². The molecule has 3 rings (SSSR count). The average Bonchev–Trinajstić information content (AvgIpc) is 2.86. The van der Waals surface area contributed by atoms with E-state index in [1.165, 1.54) is 6.08 Å². The summed E-state index contributed by atoms with van der Waals surface area (Å²) >= 11 is 5.82. The van der Waals surface area contributed by atoms with Gasteiger partial charge in [-0.3, -0.25) is 4.79 Å². The van der Waals surface area contributed by atoms with Gasteiger partial charge in [0.05, 0.1) is 0 Å². The number of hydrogen-bond acceptors (Lipinski definition) is 4. The Labute approximate surface area is 142 Å². The summed E-state index contributed by atoms with van der Waals surface area (Å²) in [7, 11) is 0. The van der Waals surface area contributed by atoms with Gasteiger partial charge in [0.1, 0.15) is 0 Å². The molecule has 0 atom stereocenters. The lowest BCUT2D eigenvalue weighted by Gasteiger charge is -2.07. The van der Waals surface area contributed by atoms with E-state index < -0.39 is 17.3 Å². The molecule has 6 heteroatoms. The van der Waals surface area contributed by atoms with E-state index >= 15 is 0 Å². The molecule has 0 aromatic heterocycles. The zero-order chi connectivity index (χ0) is 17.1. The molecular weight excluding hydrogens is 330 g/mol. The number of para-hydroxylation sites is 1. The van der Waals surface area contributed by atoms with Crippen molar-refractivity contribution in [3.05, 3.63) is 82.4 Å². The number of benzene rings is 2. The van der Waals surface area contributed by atoms with Gasteiger partial charge >= 0.3 is 5.97 Å². The van der Waals surface area contributed by atoms with Gasteiger partial charge in [-0.2, -0.15) is 0 Å². The summed E-state index contributed by atoms with van der Waals surface area (Å²) in [6.07, 6.45) is 1.47. The number of rotatable bonds is 4. The first-order valence-electron chi connectivity index (χ1n) is 7.04. The first kappa shape index (κ1) is 15.8. The Morgan fingerprint density at radius 3 is 2.38 bits per heavy atom. The van der Waals surface area contributed by atoms with Gasteiger partial charge in [-0.1, -0.05) is 41.9 Å². The summed E-state index contributed by atoms with van der Waals surface area (Å²) in [6.45, 7) is 0. The molecule has 2 aromatic carbocycles. The molecule has 0 spiro atoms. The molecule has 1 aliphatic rings. The number of ether oxygens (including phenoxy) is 1. The maximum atomic E-state index is 12.3. The van der Waals surface area contributed by atoms with Gasteiger partial charge in [0, 0.05) is 10.7 Å². The fourth-order valence-electron chi connectivity index (χ4n) is 2.17. The summed E-state index contributed by atoms with van der Waals surface area (Å²) < 4.78 is 5.45. The third-order valence-corrected chi connectivity index (χ3v) is 3.56. The molecule has 1 heterocycles. The molecule has 0 saturated heterocycles. The average molecular weight is 342 g/mol. The number of nitrogens with one attached hydrogen (secondary N) is 1. The molecule has 0 amide bonds. The maximum Gasteiger partial charge on any atom is 0.345 e. The lowest BCUT2D eigenvalue weighted by molar-refractivity contribution is -0.134. The molecule has 0 saturated carbocycles. The summed E-state index contributed by atoms with van der Waals surface area (Å²) in [6, 6.07) is 15.6. The topological polar surface area (TPSA) is 75.6 Å². The number of Topliss-reactive ketones (excluding diaryl/α,β-unsaturated/α-hetero) is 1. The standard InChI is InChI=1S/C18H12ClNO4/c19-12-8-6-11(7-9-12)10-14-16(21)15(18(22)23)17(24-14)20-13-4-2-1-3-5-13/h1-10,20H,(H,22,23)/b14-10-. The van der Waals surface area contributed by atoms with Gasteiger partial charge in [0.15, 0.2) is 11.3 Å². The Balaban J connectivity index is 1.91. The third-order valence-electron chi connectivity index (χ3n) is 3.30. The number of halogens is 1. The van der Waals surface area contributed by atoms with Crippen molar-refractivity contribution in [2.75, 3.05) is 5.32 Å². The van der Waals surface area contributed by atoms with Crippen molar-refractivity contribution >= 4 is 35.1 Å². The molecule has 120 valence electrons. The molecule has 0 radical (unpaired) electrons. The first-order chi connectivity index (χ1) is 11.5. The van der Waals surface area contributed by atoms with Crippen molar-refractivity contribution in [3.63, 3.8) is 0 Å². The van der Waals surface area contributed by atoms with E-state index in [4.69, 9.17) is 16.3 Å². The van der Waals surface area contributed by atoms with E-state index in [9.17, 15) is 14.7 Å². The van der Waals surface area contributed by atoms with Crippen molar-refractivity contribution in [3.8, 4) is 0 Å². The van der Waals surface area contributed by atoms with E-state index in [2.05, 4.69) is 5.32 Å². The number of carboxylic acid groups (broad SMARTS) is 1. The van der Waals surface area contributed by atoms with Gasteiger partial charge in [-0.05, 0) is 35.9 Å². The second kappa shape index (κ2) is 6.60. The highest BCUT2D eigenvalue weighted by Gasteiger charge is 2.35. The highest BCUT2D eigenvalue weighted by atomic mass is 35.5. The Hall–Kier alpha value is -3.05. The van der Waals surface area contributed by atoms with Crippen LogP contribution < -0.4 is 5.32 Å². The summed E-state index contributed by atoms with van der Waals surface area (Å²) in [5.41, 5.74) is 0.860. The number of ketones is 1. The zero-order valence-electron chi connectivity index (χ0n) is 12.3. The lowest BCUT2D eigenvalue weighted by atomic mass is 10.1. The number of carboxylic acids is 1. The Bertz CT molecular complexity index is 854. The molecule has 2 aromatic rings.